The smallest absolute Gasteiger partial charge is 0.335 e. The van der Waals surface area contributed by atoms with Crippen molar-refractivity contribution in [3.05, 3.63) is 41.7 Å². The van der Waals surface area contributed by atoms with Crippen molar-refractivity contribution in [2.75, 3.05) is 11.9 Å². The van der Waals surface area contributed by atoms with Crippen LogP contribution < -0.4 is 10.6 Å². The first kappa shape index (κ1) is 14.5. The van der Waals surface area contributed by atoms with Gasteiger partial charge in [-0.25, -0.2) is 9.59 Å². The lowest BCUT2D eigenvalue weighted by molar-refractivity contribution is 0.0697. The number of nitrogens with one attached hydrogen (secondary N) is 2. The van der Waals surface area contributed by atoms with Crippen LogP contribution in [0.5, 0.6) is 0 Å². The van der Waals surface area contributed by atoms with Gasteiger partial charge in [-0.15, -0.1) is 5.10 Å². The third-order valence-corrected chi connectivity index (χ3v) is 2.83. The summed E-state index contributed by atoms with van der Waals surface area (Å²) >= 11 is 0. The number of urea groups is 1. The minimum atomic E-state index is -1.04. The number of hydrogen-bond donors (Lipinski definition) is 3. The molecule has 110 valence electrons. The lowest BCUT2D eigenvalue weighted by Gasteiger charge is -2.10. The Morgan fingerprint density at radius 1 is 1.38 bits per heavy atom. The number of carbonyl (C=O) groups is 2. The number of carboxylic acid groups (broad SMARTS) is 1. The zero-order valence-corrected chi connectivity index (χ0v) is 11.4. The van der Waals surface area contributed by atoms with E-state index in [1.165, 1.54) is 12.1 Å². The lowest BCUT2D eigenvalue weighted by atomic mass is 10.1. The fraction of sp³-hybridized carbons (Fsp3) is 0.231. The Morgan fingerprint density at radius 2 is 2.19 bits per heavy atom. The van der Waals surface area contributed by atoms with Crippen LogP contribution in [-0.4, -0.2) is 38.6 Å². The molecule has 1 heterocycles. The van der Waals surface area contributed by atoms with Crippen LogP contribution in [0, 0.1) is 6.92 Å². The third kappa shape index (κ3) is 4.03. The van der Waals surface area contributed by atoms with Crippen LogP contribution >= 0.6 is 0 Å². The van der Waals surface area contributed by atoms with Crippen LogP contribution in [0.2, 0.25) is 0 Å². The van der Waals surface area contributed by atoms with E-state index in [1.54, 1.807) is 30.1 Å². The van der Waals surface area contributed by atoms with Gasteiger partial charge in [-0.3, -0.25) is 4.68 Å². The minimum Gasteiger partial charge on any atom is -0.478 e. The average Bonchev–Trinajstić information content (AvgIpc) is 2.94. The van der Waals surface area contributed by atoms with Gasteiger partial charge in [-0.05, 0) is 24.6 Å². The van der Waals surface area contributed by atoms with Gasteiger partial charge in [0.15, 0.2) is 0 Å². The second kappa shape index (κ2) is 6.51. The van der Waals surface area contributed by atoms with E-state index >= 15 is 0 Å². The Kier molecular flexibility index (Phi) is 4.50. The van der Waals surface area contributed by atoms with E-state index in [0.717, 1.165) is 5.56 Å². The Morgan fingerprint density at radius 3 is 2.86 bits per heavy atom. The number of carbonyl (C=O) groups excluding carboxylic acids is 1. The highest BCUT2D eigenvalue weighted by atomic mass is 16.4. The topological polar surface area (TPSA) is 109 Å². The summed E-state index contributed by atoms with van der Waals surface area (Å²) in [6, 6.07) is 4.16. The first-order chi connectivity index (χ1) is 10.1. The maximum atomic E-state index is 11.8. The molecule has 8 nitrogen and oxygen atoms in total. The molecule has 0 aliphatic carbocycles. The number of aromatic carboxylic acids is 1. The molecule has 1 aromatic carbocycles. The number of rotatable bonds is 5. The zero-order chi connectivity index (χ0) is 15.2. The molecular weight excluding hydrogens is 274 g/mol. The second-order valence-electron chi connectivity index (χ2n) is 4.38. The number of aryl methyl sites for hydroxylation is 1. The van der Waals surface area contributed by atoms with Crippen LogP contribution in [0.3, 0.4) is 0 Å². The zero-order valence-electron chi connectivity index (χ0n) is 11.4. The Labute approximate surface area is 120 Å². The van der Waals surface area contributed by atoms with Gasteiger partial charge >= 0.3 is 12.0 Å². The van der Waals surface area contributed by atoms with Crippen molar-refractivity contribution in [2.45, 2.75) is 13.5 Å². The molecule has 0 unspecified atom stereocenters. The number of nitrogens with zero attached hydrogens (tertiary/aromatic N) is 3. The maximum absolute atomic E-state index is 11.8. The summed E-state index contributed by atoms with van der Waals surface area (Å²) in [4.78, 5) is 22.7. The van der Waals surface area contributed by atoms with Crippen LogP contribution in [-0.2, 0) is 6.54 Å². The van der Waals surface area contributed by atoms with Crippen molar-refractivity contribution in [3.63, 3.8) is 0 Å². The Balaban J connectivity index is 1.90. The van der Waals surface area contributed by atoms with Gasteiger partial charge in [0.25, 0.3) is 0 Å². The van der Waals surface area contributed by atoms with Crippen molar-refractivity contribution >= 4 is 17.7 Å². The third-order valence-electron chi connectivity index (χ3n) is 2.83. The molecule has 2 aromatic rings. The van der Waals surface area contributed by atoms with Crippen LogP contribution in [0.25, 0.3) is 0 Å². The van der Waals surface area contributed by atoms with Crippen molar-refractivity contribution in [2.24, 2.45) is 0 Å². The highest BCUT2D eigenvalue weighted by Crippen LogP contribution is 2.16. The molecular formula is C13H15N5O3. The molecule has 0 saturated carbocycles. The first-order valence-corrected chi connectivity index (χ1v) is 6.29. The van der Waals surface area contributed by atoms with E-state index < -0.39 is 12.0 Å². The van der Waals surface area contributed by atoms with Gasteiger partial charge in [0, 0.05) is 18.4 Å². The van der Waals surface area contributed by atoms with E-state index in [2.05, 4.69) is 20.9 Å². The predicted octanol–water partition coefficient (Wildman–Crippen LogP) is 1.11. The van der Waals surface area contributed by atoms with Crippen LogP contribution in [0.4, 0.5) is 10.5 Å². The van der Waals surface area contributed by atoms with Gasteiger partial charge in [-0.1, -0.05) is 11.3 Å². The van der Waals surface area contributed by atoms with Crippen LogP contribution in [0.15, 0.2) is 30.6 Å². The summed E-state index contributed by atoms with van der Waals surface area (Å²) in [6.45, 7) is 2.67. The molecule has 0 atom stereocenters. The molecule has 0 aliphatic rings. The van der Waals surface area contributed by atoms with Gasteiger partial charge in [0.05, 0.1) is 18.3 Å². The monoisotopic (exact) mass is 289 g/mol. The van der Waals surface area contributed by atoms with E-state index in [1.807, 2.05) is 0 Å². The summed E-state index contributed by atoms with van der Waals surface area (Å²) < 4.78 is 1.59. The van der Waals surface area contributed by atoms with Crippen molar-refractivity contribution < 1.29 is 14.7 Å². The number of anilines is 1. The van der Waals surface area contributed by atoms with Gasteiger partial charge < -0.3 is 15.7 Å². The van der Waals surface area contributed by atoms with E-state index in [0.29, 0.717) is 18.8 Å². The van der Waals surface area contributed by atoms with E-state index in [4.69, 9.17) is 5.11 Å². The summed E-state index contributed by atoms with van der Waals surface area (Å²) in [7, 11) is 0. The highest BCUT2D eigenvalue weighted by molar-refractivity contribution is 5.93. The van der Waals surface area contributed by atoms with Crippen molar-refractivity contribution in [3.8, 4) is 0 Å². The molecule has 8 heteroatoms. The fourth-order valence-corrected chi connectivity index (χ4v) is 1.69. The molecule has 2 amide bonds. The molecule has 0 bridgehead atoms. The minimum absolute atomic E-state index is 0.124. The first-order valence-electron chi connectivity index (χ1n) is 6.29. The largest absolute Gasteiger partial charge is 0.478 e. The summed E-state index contributed by atoms with van der Waals surface area (Å²) in [5.41, 5.74) is 1.37. The number of benzene rings is 1. The van der Waals surface area contributed by atoms with Gasteiger partial charge in [-0.2, -0.15) is 0 Å². The van der Waals surface area contributed by atoms with Gasteiger partial charge in [0.2, 0.25) is 0 Å². The maximum Gasteiger partial charge on any atom is 0.335 e. The van der Waals surface area contributed by atoms with Crippen molar-refractivity contribution in [1.29, 1.82) is 0 Å². The average molecular weight is 289 g/mol. The molecule has 0 saturated heterocycles. The molecule has 3 N–H and O–H groups in total. The molecule has 0 aliphatic heterocycles. The SMILES string of the molecule is Cc1ccc(C(=O)O)cc1NC(=O)NCCn1ccnn1. The number of aromatic nitrogens is 3. The molecule has 2 rings (SSSR count). The standard InChI is InChI=1S/C13H15N5O3/c1-9-2-3-10(12(19)20)8-11(9)16-13(21)14-4-6-18-7-5-15-17-18/h2-3,5,7-8H,4,6H2,1H3,(H,19,20)(H2,14,16,21). The lowest BCUT2D eigenvalue weighted by Crippen LogP contribution is -2.31. The van der Waals surface area contributed by atoms with E-state index in [-0.39, 0.29) is 5.56 Å². The molecule has 21 heavy (non-hydrogen) atoms. The summed E-state index contributed by atoms with van der Waals surface area (Å²) in [5, 5.41) is 21.6. The molecule has 0 spiro atoms. The second-order valence-corrected chi connectivity index (χ2v) is 4.38. The number of hydrogen-bond acceptors (Lipinski definition) is 4. The highest BCUT2D eigenvalue weighted by Gasteiger charge is 2.08. The summed E-state index contributed by atoms with van der Waals surface area (Å²) in [5.74, 6) is -1.04. The summed E-state index contributed by atoms with van der Waals surface area (Å²) in [6.07, 6.45) is 3.25. The van der Waals surface area contributed by atoms with Crippen LogP contribution in [0.1, 0.15) is 15.9 Å². The number of amides is 2. The molecule has 0 fully saturated rings. The normalized spacial score (nSPS) is 10.1. The fourth-order valence-electron chi connectivity index (χ4n) is 1.69. The molecule has 1 aromatic heterocycles. The molecule has 0 radical (unpaired) electrons. The van der Waals surface area contributed by atoms with Gasteiger partial charge in [0.1, 0.15) is 0 Å². The Hall–Kier alpha value is -2.90. The Bertz CT molecular complexity index is 639. The van der Waals surface area contributed by atoms with E-state index in [9.17, 15) is 9.59 Å². The van der Waals surface area contributed by atoms with Crippen molar-refractivity contribution in [1.82, 2.24) is 20.3 Å². The quantitative estimate of drug-likeness (QED) is 0.763. The predicted molar refractivity (Wildman–Crippen MR) is 75.2 cm³/mol. The number of carboxylic acids is 1.